The third-order valence-corrected chi connectivity index (χ3v) is 4.43. The van der Waals surface area contributed by atoms with Crippen molar-refractivity contribution >= 4 is 0 Å². The highest BCUT2D eigenvalue weighted by molar-refractivity contribution is 5.28. The Balaban J connectivity index is 1.81. The van der Waals surface area contributed by atoms with Crippen LogP contribution in [0.5, 0.6) is 0 Å². The van der Waals surface area contributed by atoms with Gasteiger partial charge in [-0.25, -0.2) is 0 Å². The van der Waals surface area contributed by atoms with E-state index in [1.165, 1.54) is 62.5 Å². The second kappa shape index (κ2) is 4.61. The van der Waals surface area contributed by atoms with E-state index in [4.69, 9.17) is 0 Å². The van der Waals surface area contributed by atoms with Crippen LogP contribution in [0.1, 0.15) is 74.3 Å². The first-order chi connectivity index (χ1) is 7.93. The summed E-state index contributed by atoms with van der Waals surface area (Å²) in [4.78, 5) is 0. The SMILES string of the molecule is [c]1c(C2CCCC2)cccc1C1CCCC1. The summed E-state index contributed by atoms with van der Waals surface area (Å²) in [7, 11) is 0. The maximum Gasteiger partial charge on any atom is -0.0108 e. The first kappa shape index (κ1) is 10.4. The Labute approximate surface area is 99.1 Å². The Morgan fingerprint density at radius 3 is 1.62 bits per heavy atom. The standard InChI is InChI=1S/C16H21/c1-2-7-13(6-1)15-10-5-11-16(12-15)14-8-3-4-9-14/h5,10-11,13-14H,1-4,6-9H2. The molecule has 1 aromatic rings. The van der Waals surface area contributed by atoms with Crippen molar-refractivity contribution < 1.29 is 0 Å². The van der Waals surface area contributed by atoms with E-state index in [-0.39, 0.29) is 0 Å². The highest BCUT2D eigenvalue weighted by Crippen LogP contribution is 2.38. The van der Waals surface area contributed by atoms with Crippen LogP contribution >= 0.6 is 0 Å². The molecule has 1 aromatic carbocycles. The average Bonchev–Trinajstić information content (AvgIpc) is 3.03. The molecule has 0 nitrogen and oxygen atoms in total. The minimum absolute atomic E-state index is 0.821. The van der Waals surface area contributed by atoms with Gasteiger partial charge in [-0.3, -0.25) is 0 Å². The highest BCUT2D eigenvalue weighted by Gasteiger charge is 2.20. The molecule has 0 bridgehead atoms. The van der Waals surface area contributed by atoms with Gasteiger partial charge in [0.05, 0.1) is 0 Å². The van der Waals surface area contributed by atoms with Crippen molar-refractivity contribution in [3.63, 3.8) is 0 Å². The van der Waals surface area contributed by atoms with Crippen molar-refractivity contribution in [1.82, 2.24) is 0 Å². The highest BCUT2D eigenvalue weighted by atomic mass is 14.3. The third kappa shape index (κ3) is 2.03. The van der Waals surface area contributed by atoms with E-state index in [2.05, 4.69) is 24.3 Å². The van der Waals surface area contributed by atoms with Gasteiger partial charge in [0, 0.05) is 0 Å². The molecule has 0 amide bonds. The lowest BCUT2D eigenvalue weighted by Gasteiger charge is -2.14. The first-order valence-electron chi connectivity index (χ1n) is 6.95. The van der Waals surface area contributed by atoms with Crippen molar-refractivity contribution in [2.45, 2.75) is 63.2 Å². The van der Waals surface area contributed by atoms with E-state index in [0.717, 1.165) is 11.8 Å². The van der Waals surface area contributed by atoms with Gasteiger partial charge in [0.2, 0.25) is 0 Å². The van der Waals surface area contributed by atoms with Crippen molar-refractivity contribution in [3.8, 4) is 0 Å². The van der Waals surface area contributed by atoms with E-state index in [0.29, 0.717) is 0 Å². The second-order valence-electron chi connectivity index (χ2n) is 5.52. The second-order valence-corrected chi connectivity index (χ2v) is 5.52. The largest absolute Gasteiger partial charge is 0.0617 e. The fourth-order valence-corrected chi connectivity index (χ4v) is 3.46. The minimum atomic E-state index is 0.821. The van der Waals surface area contributed by atoms with Crippen LogP contribution in [0, 0.1) is 6.07 Å². The van der Waals surface area contributed by atoms with Crippen LogP contribution in [0.3, 0.4) is 0 Å². The summed E-state index contributed by atoms with van der Waals surface area (Å²) in [6.45, 7) is 0. The third-order valence-electron chi connectivity index (χ3n) is 4.43. The van der Waals surface area contributed by atoms with Gasteiger partial charge in [0.15, 0.2) is 0 Å². The van der Waals surface area contributed by atoms with Crippen LogP contribution in [-0.2, 0) is 0 Å². The quantitative estimate of drug-likeness (QED) is 0.662. The normalized spacial score (nSPS) is 23.0. The molecule has 16 heavy (non-hydrogen) atoms. The zero-order chi connectivity index (χ0) is 10.8. The molecule has 0 saturated heterocycles. The predicted molar refractivity (Wildman–Crippen MR) is 67.7 cm³/mol. The molecule has 2 fully saturated rings. The molecular formula is C16H21. The van der Waals surface area contributed by atoms with E-state index in [1.54, 1.807) is 0 Å². The van der Waals surface area contributed by atoms with Crippen molar-refractivity contribution in [2.24, 2.45) is 0 Å². The molecule has 0 aromatic heterocycles. The van der Waals surface area contributed by atoms with Crippen LogP contribution < -0.4 is 0 Å². The molecule has 0 spiro atoms. The Kier molecular flexibility index (Phi) is 2.99. The van der Waals surface area contributed by atoms with Gasteiger partial charge in [-0.15, -0.1) is 0 Å². The Hall–Kier alpha value is -0.780. The number of benzene rings is 1. The van der Waals surface area contributed by atoms with Gasteiger partial charge >= 0.3 is 0 Å². The van der Waals surface area contributed by atoms with E-state index < -0.39 is 0 Å². The van der Waals surface area contributed by atoms with Crippen molar-refractivity contribution in [1.29, 1.82) is 0 Å². The fraction of sp³-hybridized carbons (Fsp3) is 0.625. The van der Waals surface area contributed by atoms with Crippen LogP contribution in [0.2, 0.25) is 0 Å². The van der Waals surface area contributed by atoms with Crippen LogP contribution in [0.15, 0.2) is 18.2 Å². The summed E-state index contributed by atoms with van der Waals surface area (Å²) in [6, 6.07) is 10.6. The van der Waals surface area contributed by atoms with Gasteiger partial charge in [-0.1, -0.05) is 43.9 Å². The first-order valence-corrected chi connectivity index (χ1v) is 6.95. The molecule has 85 valence electrons. The zero-order valence-corrected chi connectivity index (χ0v) is 10.0. The summed E-state index contributed by atoms with van der Waals surface area (Å²) >= 11 is 0. The molecule has 0 unspecified atom stereocenters. The Morgan fingerprint density at radius 2 is 1.19 bits per heavy atom. The molecule has 0 aliphatic heterocycles. The summed E-state index contributed by atoms with van der Waals surface area (Å²) < 4.78 is 0. The lowest BCUT2D eigenvalue weighted by molar-refractivity contribution is 0.698. The van der Waals surface area contributed by atoms with Gasteiger partial charge in [-0.05, 0) is 54.7 Å². The average molecular weight is 213 g/mol. The molecule has 2 aliphatic rings. The summed E-state index contributed by atoms with van der Waals surface area (Å²) in [6.07, 6.45) is 11.3. The number of hydrogen-bond donors (Lipinski definition) is 0. The molecule has 0 heterocycles. The van der Waals surface area contributed by atoms with Crippen LogP contribution in [0.25, 0.3) is 0 Å². The smallest absolute Gasteiger partial charge is 0.0108 e. The van der Waals surface area contributed by atoms with Crippen LogP contribution in [-0.4, -0.2) is 0 Å². The maximum absolute atomic E-state index is 3.73. The summed E-state index contributed by atoms with van der Waals surface area (Å²) in [5, 5.41) is 0. The maximum atomic E-state index is 3.73. The summed E-state index contributed by atoms with van der Waals surface area (Å²) in [5.41, 5.74) is 3.00. The molecule has 0 atom stereocenters. The molecule has 3 rings (SSSR count). The van der Waals surface area contributed by atoms with Gasteiger partial charge in [0.25, 0.3) is 0 Å². The van der Waals surface area contributed by atoms with Crippen molar-refractivity contribution in [3.05, 3.63) is 35.4 Å². The van der Waals surface area contributed by atoms with Gasteiger partial charge < -0.3 is 0 Å². The minimum Gasteiger partial charge on any atom is -0.0617 e. The van der Waals surface area contributed by atoms with Crippen molar-refractivity contribution in [2.75, 3.05) is 0 Å². The topological polar surface area (TPSA) is 0 Å². The lowest BCUT2D eigenvalue weighted by atomic mass is 9.91. The predicted octanol–water partition coefficient (Wildman–Crippen LogP) is 4.80. The van der Waals surface area contributed by atoms with Gasteiger partial charge in [0.1, 0.15) is 0 Å². The Bertz CT molecular complexity index is 310. The molecule has 1 radical (unpaired) electrons. The van der Waals surface area contributed by atoms with E-state index in [1.807, 2.05) is 0 Å². The molecular weight excluding hydrogens is 192 g/mol. The molecule has 2 aliphatic carbocycles. The lowest BCUT2D eigenvalue weighted by Crippen LogP contribution is -1.97. The molecule has 0 heteroatoms. The van der Waals surface area contributed by atoms with E-state index >= 15 is 0 Å². The zero-order valence-electron chi connectivity index (χ0n) is 10.0. The molecule has 2 saturated carbocycles. The fourth-order valence-electron chi connectivity index (χ4n) is 3.46. The van der Waals surface area contributed by atoms with Crippen LogP contribution in [0.4, 0.5) is 0 Å². The monoisotopic (exact) mass is 213 g/mol. The number of hydrogen-bond acceptors (Lipinski definition) is 0. The number of rotatable bonds is 2. The summed E-state index contributed by atoms with van der Waals surface area (Å²) in [5.74, 6) is 1.64. The van der Waals surface area contributed by atoms with Gasteiger partial charge in [-0.2, -0.15) is 0 Å². The van der Waals surface area contributed by atoms with E-state index in [9.17, 15) is 0 Å². The molecule has 0 N–H and O–H groups in total. The Morgan fingerprint density at radius 1 is 0.750 bits per heavy atom.